The van der Waals surface area contributed by atoms with Crippen LogP contribution < -0.4 is 0 Å². The molecule has 2 N–H and O–H groups in total. The van der Waals surface area contributed by atoms with Crippen LogP contribution in [0, 0.1) is 44.8 Å². The molecule has 4 heteroatoms. The smallest absolute Gasteiger partial charge is 0.159 e. The maximum Gasteiger partial charge on any atom is 0.159 e. The highest BCUT2D eigenvalue weighted by molar-refractivity contribution is 5.95. The van der Waals surface area contributed by atoms with Crippen molar-refractivity contribution in [2.24, 2.45) is 44.8 Å². The number of carbonyl (C=O) groups excluding carboxylic acids is 1. The first-order valence-electron chi connectivity index (χ1n) is 13.8. The zero-order valence-corrected chi connectivity index (χ0v) is 22.7. The third-order valence-electron chi connectivity index (χ3n) is 12.9. The fourth-order valence-corrected chi connectivity index (χ4v) is 10.4. The fraction of sp³-hybridized carbons (Fsp3) is 0.900. The second kappa shape index (κ2) is 7.42. The molecule has 4 nitrogen and oxygen atoms in total. The SMILES string of the molecule is COC1(C)C(O)CCC2(C)C1CCC1(C)C2C(=O)C=C2C3CC(C)(C)CCC3(CO)CCC21C. The molecule has 9 unspecified atom stereocenters. The Bertz CT molecular complexity index is 907. The van der Waals surface area contributed by atoms with Crippen molar-refractivity contribution in [2.45, 2.75) is 111 Å². The van der Waals surface area contributed by atoms with Crippen LogP contribution in [-0.4, -0.2) is 41.4 Å². The summed E-state index contributed by atoms with van der Waals surface area (Å²) in [6.45, 7) is 14.2. The van der Waals surface area contributed by atoms with Crippen LogP contribution in [0.25, 0.3) is 0 Å². The van der Waals surface area contributed by atoms with Crippen LogP contribution >= 0.6 is 0 Å². The quantitative estimate of drug-likeness (QED) is 0.541. The highest BCUT2D eigenvalue weighted by Gasteiger charge is 2.71. The Morgan fingerprint density at radius 2 is 1.65 bits per heavy atom. The molecule has 0 aliphatic heterocycles. The molecule has 0 aromatic rings. The van der Waals surface area contributed by atoms with Crippen LogP contribution in [-0.2, 0) is 9.53 Å². The number of rotatable bonds is 2. The van der Waals surface area contributed by atoms with Gasteiger partial charge in [-0.1, -0.05) is 40.2 Å². The summed E-state index contributed by atoms with van der Waals surface area (Å²) in [6.07, 6.45) is 10.5. The molecular formula is C30H48O4. The number of methoxy groups -OCH3 is 1. The number of fused-ring (bicyclic) bond motifs is 7. The Hall–Kier alpha value is -0.710. The lowest BCUT2D eigenvalue weighted by Gasteiger charge is -2.70. The molecule has 192 valence electrons. The zero-order valence-electron chi connectivity index (χ0n) is 22.7. The summed E-state index contributed by atoms with van der Waals surface area (Å²) in [6, 6.07) is 0. The van der Waals surface area contributed by atoms with Gasteiger partial charge in [0.25, 0.3) is 0 Å². The molecular weight excluding hydrogens is 424 g/mol. The lowest BCUT2D eigenvalue weighted by Crippen LogP contribution is -2.69. The van der Waals surface area contributed by atoms with Gasteiger partial charge in [0.05, 0.1) is 11.7 Å². The molecule has 0 saturated heterocycles. The predicted octanol–water partition coefficient (Wildman–Crippen LogP) is 5.70. The van der Waals surface area contributed by atoms with E-state index in [4.69, 9.17) is 4.74 Å². The molecule has 34 heavy (non-hydrogen) atoms. The second-order valence-corrected chi connectivity index (χ2v) is 14.7. The molecule has 0 aromatic heterocycles. The summed E-state index contributed by atoms with van der Waals surface area (Å²) < 4.78 is 6.02. The summed E-state index contributed by atoms with van der Waals surface area (Å²) in [5, 5.41) is 21.6. The van der Waals surface area contributed by atoms with Gasteiger partial charge < -0.3 is 14.9 Å². The largest absolute Gasteiger partial charge is 0.396 e. The lowest BCUT2D eigenvalue weighted by atomic mass is 9.34. The average molecular weight is 473 g/mol. The highest BCUT2D eigenvalue weighted by Crippen LogP contribution is 2.74. The van der Waals surface area contributed by atoms with Gasteiger partial charge in [-0.25, -0.2) is 0 Å². The average Bonchev–Trinajstić information content (AvgIpc) is 2.77. The summed E-state index contributed by atoms with van der Waals surface area (Å²) in [5.74, 6) is 0.717. The zero-order chi connectivity index (χ0) is 24.9. The number of hydrogen-bond acceptors (Lipinski definition) is 4. The first-order chi connectivity index (χ1) is 15.7. The van der Waals surface area contributed by atoms with E-state index < -0.39 is 11.7 Å². The van der Waals surface area contributed by atoms with Crippen LogP contribution in [0.2, 0.25) is 0 Å². The van der Waals surface area contributed by atoms with Gasteiger partial charge in [-0.15, -0.1) is 0 Å². The number of ketones is 1. The third kappa shape index (κ3) is 2.91. The Morgan fingerprint density at radius 1 is 0.971 bits per heavy atom. The monoisotopic (exact) mass is 472 g/mol. The Morgan fingerprint density at radius 3 is 2.29 bits per heavy atom. The molecule has 4 saturated carbocycles. The molecule has 9 atom stereocenters. The van der Waals surface area contributed by atoms with E-state index in [1.807, 2.05) is 0 Å². The van der Waals surface area contributed by atoms with Gasteiger partial charge in [0.15, 0.2) is 5.78 Å². The van der Waals surface area contributed by atoms with Crippen LogP contribution in [0.3, 0.4) is 0 Å². The molecule has 0 heterocycles. The van der Waals surface area contributed by atoms with E-state index in [-0.39, 0.29) is 45.5 Å². The number of aliphatic hydroxyl groups is 2. The van der Waals surface area contributed by atoms with Crippen LogP contribution in [0.5, 0.6) is 0 Å². The van der Waals surface area contributed by atoms with Gasteiger partial charge >= 0.3 is 0 Å². The van der Waals surface area contributed by atoms with Gasteiger partial charge in [0.1, 0.15) is 0 Å². The van der Waals surface area contributed by atoms with Crippen molar-refractivity contribution in [3.63, 3.8) is 0 Å². The maximum absolute atomic E-state index is 14.3. The number of aliphatic hydroxyl groups excluding tert-OH is 2. The number of allylic oxidation sites excluding steroid dienone is 2. The van der Waals surface area contributed by atoms with E-state index in [2.05, 4.69) is 47.6 Å². The van der Waals surface area contributed by atoms with Gasteiger partial charge in [-0.3, -0.25) is 4.79 Å². The van der Waals surface area contributed by atoms with E-state index >= 15 is 0 Å². The summed E-state index contributed by atoms with van der Waals surface area (Å²) in [5.41, 5.74) is 0.607. The summed E-state index contributed by atoms with van der Waals surface area (Å²) in [4.78, 5) is 14.3. The molecule has 0 aromatic carbocycles. The molecule has 0 radical (unpaired) electrons. The topological polar surface area (TPSA) is 66.8 Å². The van der Waals surface area contributed by atoms with Crippen LogP contribution in [0.1, 0.15) is 99.3 Å². The molecule has 5 aliphatic carbocycles. The van der Waals surface area contributed by atoms with Crippen molar-refractivity contribution >= 4 is 5.78 Å². The third-order valence-corrected chi connectivity index (χ3v) is 12.9. The number of ether oxygens (including phenoxy) is 1. The molecule has 0 spiro atoms. The molecule has 5 aliphatic rings. The summed E-state index contributed by atoms with van der Waals surface area (Å²) in [7, 11) is 1.73. The van der Waals surface area contributed by atoms with E-state index in [1.54, 1.807) is 7.11 Å². The number of hydrogen-bond donors (Lipinski definition) is 2. The van der Waals surface area contributed by atoms with Crippen molar-refractivity contribution in [1.82, 2.24) is 0 Å². The van der Waals surface area contributed by atoms with Crippen LogP contribution in [0.15, 0.2) is 11.6 Å². The Balaban J connectivity index is 1.63. The Labute approximate surface area is 206 Å². The standard InChI is InChI=1S/C30H48O4/c1-25(2)12-14-30(18-31)15-13-27(4)19(20(30)17-25)16-21(32)24-26(3)10-9-23(33)29(6,34-7)22(26)8-11-28(24,27)5/h16,20,22-24,31,33H,8-15,17-18H2,1-7H3. The highest BCUT2D eigenvalue weighted by atomic mass is 16.5. The second-order valence-electron chi connectivity index (χ2n) is 14.7. The first kappa shape index (κ1) is 25.0. The van der Waals surface area contributed by atoms with E-state index in [9.17, 15) is 15.0 Å². The lowest BCUT2D eigenvalue weighted by molar-refractivity contribution is -0.238. The van der Waals surface area contributed by atoms with Crippen molar-refractivity contribution in [3.8, 4) is 0 Å². The molecule has 4 fully saturated rings. The van der Waals surface area contributed by atoms with Gasteiger partial charge in [-0.2, -0.15) is 0 Å². The normalized spacial score (nSPS) is 54.3. The van der Waals surface area contributed by atoms with E-state index in [1.165, 1.54) is 5.57 Å². The first-order valence-corrected chi connectivity index (χ1v) is 13.8. The molecule has 0 amide bonds. The minimum Gasteiger partial charge on any atom is -0.396 e. The van der Waals surface area contributed by atoms with E-state index in [0.717, 1.165) is 51.4 Å². The van der Waals surface area contributed by atoms with Gasteiger partial charge in [0.2, 0.25) is 0 Å². The summed E-state index contributed by atoms with van der Waals surface area (Å²) >= 11 is 0. The predicted molar refractivity (Wildman–Crippen MR) is 134 cm³/mol. The van der Waals surface area contributed by atoms with Crippen molar-refractivity contribution in [2.75, 3.05) is 13.7 Å². The maximum atomic E-state index is 14.3. The van der Waals surface area contributed by atoms with Crippen molar-refractivity contribution < 1.29 is 19.7 Å². The van der Waals surface area contributed by atoms with Gasteiger partial charge in [-0.05, 0) is 104 Å². The van der Waals surface area contributed by atoms with E-state index in [0.29, 0.717) is 18.1 Å². The minimum absolute atomic E-state index is 0.0319. The van der Waals surface area contributed by atoms with Crippen molar-refractivity contribution in [3.05, 3.63) is 11.6 Å². The Kier molecular flexibility index (Phi) is 5.44. The molecule has 0 bridgehead atoms. The molecule has 5 rings (SSSR count). The van der Waals surface area contributed by atoms with Gasteiger partial charge in [0, 0.05) is 25.0 Å². The van der Waals surface area contributed by atoms with Crippen LogP contribution in [0.4, 0.5) is 0 Å². The van der Waals surface area contributed by atoms with Crippen molar-refractivity contribution in [1.29, 1.82) is 0 Å². The number of carbonyl (C=O) groups is 1. The minimum atomic E-state index is -0.606. The fourth-order valence-electron chi connectivity index (χ4n) is 10.4.